The maximum atomic E-state index is 14.4. The molecule has 4 fully saturated rings. The van der Waals surface area contributed by atoms with Gasteiger partial charge in [0.05, 0.1) is 169 Å². The Morgan fingerprint density at radius 3 is 1.30 bits per heavy atom. The molecule has 8 aliphatic heterocycles. The Balaban J connectivity index is 0.000000146. The number of methoxy groups -OCH3 is 3. The number of aromatic nitrogens is 10. The Kier molecular flexibility index (Phi) is 36.8. The molecule has 6 aromatic heterocycles. The van der Waals surface area contributed by atoms with Gasteiger partial charge in [-0.2, -0.15) is 0 Å². The number of nitrogens with zero attached hydrogens (tertiary/aromatic N) is 13. The average molecular weight is 2210 g/mol. The standard InChI is InChI=1S/C27H30FN5O4.C23H25FN6O4.C20H23BrFN5O3.C14H12BrFN4S.C12H18BNO3.C6H13NO3/c1-15-24-23(32-26(29)30-15)12-22(31-25(24)33-36-14-19-13-35-27(2,3)37-19)20-9-8-17(28)11-21(20)16-6-5-7-18(10-16)34-4;1-12-21-19(29-23(25)26-12)9-18(28-22(21)30-34-11-14(32)10-31)15-7-6-13(24)8-16(15)17-4-3-5-20(27-17)33-2;1-10-17-16(26-19(23)24-10)7-15(13-5-4-11(22)6-14(13)21)25-18(17)27-29-9-12-8-28-20(2,3)30-12;1-6-12-11(20-14(17)18-6)5-10(19-13(12)21)8-3-2-7(16)4-9(8)15;1-11(2)12(3,4)17-13(16-11)9-7-6-8-10(14-9)15-5;1-6(2)8-3-5(10-6)4-9-7/h5-11,19,22H,12-14H2,1-4H3,(H,31,33)(H2,29,30,32);3-8,14,18,31-32H,9-11H2,1-2H3,(H,28,30)(H2,25,26,29);4-6,12,15H,7-9H2,1-3H3,(H,25,27)(H2,23,24,26);2-4,10H,5H2,1H3,(H,19,21)(H2,17,18,20);6-8H,1-5H3;5H,3-4,7H2,1-2H3/t19-,22-;14?,18-;12-,15-;10-;;5-/m1111.1/s1. The van der Waals surface area contributed by atoms with Crippen LogP contribution in [0.2, 0.25) is 0 Å². The van der Waals surface area contributed by atoms with Crippen molar-refractivity contribution in [2.24, 2.45) is 20.9 Å². The van der Waals surface area contributed by atoms with Crippen molar-refractivity contribution in [1.29, 1.82) is 0 Å². The number of halogens is 6. The summed E-state index contributed by atoms with van der Waals surface area (Å²) in [5, 5.41) is 21.9. The number of nitrogen functional groups attached to an aromatic ring is 4. The van der Waals surface area contributed by atoms with Gasteiger partial charge >= 0.3 is 7.12 Å². The molecule has 47 heteroatoms. The minimum Gasteiger partial charge on any atom is -0.497 e. The smallest absolute Gasteiger partial charge is 0.497 e. The highest BCUT2D eigenvalue weighted by Gasteiger charge is 2.53. The highest BCUT2D eigenvalue weighted by molar-refractivity contribution is 9.10. The third-order valence-electron chi connectivity index (χ3n) is 24.8. The predicted octanol–water partition coefficient (Wildman–Crippen LogP) is 12.6. The molecule has 19 rings (SSSR count). The number of aliphatic hydroxyl groups excluding tert-OH is 2. The molecule has 39 nitrogen and oxygen atoms in total. The minimum atomic E-state index is -1.06. The summed E-state index contributed by atoms with van der Waals surface area (Å²) in [6, 6.07) is 35.4. The first-order chi connectivity index (χ1) is 70.8. The van der Waals surface area contributed by atoms with Crippen LogP contribution in [0.4, 0.5) is 41.4 Å². The first kappa shape index (κ1) is 112. The molecule has 792 valence electrons. The summed E-state index contributed by atoms with van der Waals surface area (Å²) in [6.45, 7) is 28.3. The average Bonchev–Trinajstić information content (AvgIpc) is 1.74. The maximum Gasteiger partial charge on any atom is 0.514 e. The number of benzene rings is 5. The van der Waals surface area contributed by atoms with Crippen molar-refractivity contribution in [3.05, 3.63) is 256 Å². The number of amidine groups is 3. The van der Waals surface area contributed by atoms with Gasteiger partial charge in [0.2, 0.25) is 35.6 Å². The Bertz CT molecular complexity index is 6740. The van der Waals surface area contributed by atoms with Crippen LogP contribution in [0.1, 0.15) is 183 Å². The van der Waals surface area contributed by atoms with Gasteiger partial charge in [-0.3, -0.25) is 29.5 Å². The highest BCUT2D eigenvalue weighted by atomic mass is 79.9. The van der Waals surface area contributed by atoms with E-state index < -0.39 is 49.0 Å². The van der Waals surface area contributed by atoms with Gasteiger partial charge in [0, 0.05) is 52.3 Å². The van der Waals surface area contributed by atoms with Gasteiger partial charge in [-0.05, 0) is 203 Å². The van der Waals surface area contributed by atoms with Gasteiger partial charge in [-0.1, -0.05) is 92.6 Å². The third kappa shape index (κ3) is 28.7. The summed E-state index contributed by atoms with van der Waals surface area (Å²) >= 11 is 12.2. The van der Waals surface area contributed by atoms with Crippen molar-refractivity contribution in [2.75, 3.05) is 97.1 Å². The number of pyridine rings is 2. The van der Waals surface area contributed by atoms with Crippen LogP contribution in [0, 0.1) is 51.0 Å². The molecular weight excluding hydrogens is 2080 g/mol. The molecule has 0 radical (unpaired) electrons. The molecule has 0 bridgehead atoms. The van der Waals surface area contributed by atoms with Crippen LogP contribution in [-0.4, -0.2) is 217 Å². The van der Waals surface area contributed by atoms with Gasteiger partial charge in [-0.25, -0.2) is 89.7 Å². The Morgan fingerprint density at radius 2 is 0.859 bits per heavy atom. The predicted molar refractivity (Wildman–Crippen MR) is 559 cm³/mol. The van der Waals surface area contributed by atoms with Crippen molar-refractivity contribution in [3.63, 3.8) is 0 Å². The van der Waals surface area contributed by atoms with Crippen LogP contribution in [0.25, 0.3) is 22.4 Å². The lowest BCUT2D eigenvalue weighted by molar-refractivity contribution is -0.147. The van der Waals surface area contributed by atoms with E-state index in [4.69, 9.17) is 128 Å². The van der Waals surface area contributed by atoms with E-state index in [0.717, 1.165) is 72.9 Å². The van der Waals surface area contributed by atoms with Crippen LogP contribution in [0.5, 0.6) is 17.5 Å². The van der Waals surface area contributed by atoms with Gasteiger partial charge in [0.25, 0.3) is 0 Å². The molecule has 4 saturated heterocycles. The number of nitrogens with one attached hydrogen (secondary N) is 4. The topological polar surface area (TPSA) is 523 Å². The molecule has 1 unspecified atom stereocenters. The van der Waals surface area contributed by atoms with Gasteiger partial charge in [0.1, 0.15) is 78.2 Å². The van der Waals surface area contributed by atoms with Gasteiger partial charge in [-0.15, -0.1) is 0 Å². The first-order valence-corrected chi connectivity index (χ1v) is 49.6. The van der Waals surface area contributed by atoms with Crippen LogP contribution in [-0.2, 0) is 82.8 Å². The van der Waals surface area contributed by atoms with E-state index in [1.165, 1.54) is 55.6 Å². The van der Waals surface area contributed by atoms with Crippen molar-refractivity contribution in [1.82, 2.24) is 71.6 Å². The number of aliphatic hydroxyl groups is 2. The van der Waals surface area contributed by atoms with Crippen molar-refractivity contribution in [3.8, 4) is 39.9 Å². The van der Waals surface area contributed by atoms with Gasteiger partial charge < -0.3 is 95.2 Å². The normalized spacial score (nSPS) is 20.2. The zero-order chi connectivity index (χ0) is 107. The fourth-order valence-electron chi connectivity index (χ4n) is 17.3. The van der Waals surface area contributed by atoms with Crippen LogP contribution >= 0.6 is 44.1 Å². The van der Waals surface area contributed by atoms with Crippen LogP contribution in [0.3, 0.4) is 0 Å². The highest BCUT2D eigenvalue weighted by Crippen LogP contribution is 2.43. The second kappa shape index (κ2) is 48.8. The van der Waals surface area contributed by atoms with Gasteiger partial charge in [0.15, 0.2) is 34.9 Å². The molecule has 149 heavy (non-hydrogen) atoms. The number of nitrogens with two attached hydrogens (primary N) is 5. The van der Waals surface area contributed by atoms with Crippen LogP contribution in [0.15, 0.2) is 157 Å². The van der Waals surface area contributed by atoms with Crippen molar-refractivity contribution >= 4 is 103 Å². The molecule has 14 heterocycles. The van der Waals surface area contributed by atoms with E-state index in [9.17, 15) is 22.7 Å². The number of rotatable bonds is 22. The Hall–Kier alpha value is -12.2. The van der Waals surface area contributed by atoms with E-state index in [1.807, 2.05) is 126 Å². The summed E-state index contributed by atoms with van der Waals surface area (Å²) < 4.78 is 118. The third-order valence-corrected chi connectivity index (χ3v) is 26.5. The second-order valence-corrected chi connectivity index (χ2v) is 39.9. The number of thiocarbonyl (C=S) groups is 1. The minimum absolute atomic E-state index is 0.0139. The van der Waals surface area contributed by atoms with E-state index in [0.29, 0.717) is 146 Å². The van der Waals surface area contributed by atoms with Crippen molar-refractivity contribution < 1.29 is 99.1 Å². The first-order valence-electron chi connectivity index (χ1n) is 47.6. The Labute approximate surface area is 881 Å². The molecule has 8 aliphatic rings. The lowest BCUT2D eigenvalue weighted by Gasteiger charge is -2.32. The number of hydrogen-bond acceptors (Lipinski definition) is 39. The monoisotopic (exact) mass is 2200 g/mol. The number of aryl methyl sites for hydroxylation is 4. The fraction of sp³-hybridized carbons (Fsp3) is 0.412. The molecule has 0 amide bonds. The van der Waals surface area contributed by atoms with E-state index >= 15 is 0 Å². The van der Waals surface area contributed by atoms with E-state index in [2.05, 4.69) is 108 Å². The summed E-state index contributed by atoms with van der Waals surface area (Å²) in [4.78, 5) is 79.7. The van der Waals surface area contributed by atoms with Crippen LogP contribution < -0.4 is 70.4 Å². The number of ether oxygens (including phenoxy) is 9. The molecule has 5 aromatic carbocycles. The molecule has 0 aliphatic carbocycles. The lowest BCUT2D eigenvalue weighted by atomic mass is 9.84. The van der Waals surface area contributed by atoms with E-state index in [-0.39, 0.29) is 109 Å². The number of anilines is 4. The lowest BCUT2D eigenvalue weighted by Crippen LogP contribution is -2.41. The number of aliphatic imine (C=N–C) groups is 3. The number of fused-ring (bicyclic) bond motifs is 4. The van der Waals surface area contributed by atoms with Crippen molar-refractivity contribution in [2.45, 2.75) is 200 Å². The summed E-state index contributed by atoms with van der Waals surface area (Å²) in [5.41, 5.74) is 46.8. The zero-order valence-corrected chi connectivity index (χ0v) is 89.3. The zero-order valence-electron chi connectivity index (χ0n) is 85.3. The Morgan fingerprint density at radius 1 is 0.463 bits per heavy atom. The molecule has 8 atom stereocenters. The SMILES string of the molecule is CC1(C)OC[C@H](CON)O1.COc1cccc(-c2cc(F)ccc2[C@H]2Cc3nc(N)nc(C)c3C(NOCC(O)CO)=N2)n1.COc1cccc(-c2cc(F)ccc2[C@H]2Cc3nc(N)nc(C)c3C(NOC[C@H]3COC(C)(C)O3)=N2)c1.COc1cccc(B2OC(C)(C)C(C)(C)O2)n1.Cc1nc(N)nc2c1C(=S)N[C@@H](c1ccc(F)cc1Br)C2.Cc1nc(N)nc2c1C(NOC[C@H]1COC(C)(C)O1)=N[C@@H](c1ccc(F)cc1Br)C2. The maximum absolute atomic E-state index is 14.4. The molecule has 16 N–H and O–H groups in total. The summed E-state index contributed by atoms with van der Waals surface area (Å²) in [5.74, 6) is 5.47. The van der Waals surface area contributed by atoms with E-state index in [1.54, 1.807) is 69.7 Å². The molecule has 0 spiro atoms. The molecule has 0 saturated carbocycles. The molecule has 11 aromatic rings. The summed E-state index contributed by atoms with van der Waals surface area (Å²) in [7, 11) is 4.27. The number of hydrogen-bond donors (Lipinski definition) is 11. The molecular formula is C102H121BBr2F4N22O17S. The quantitative estimate of drug-likeness (QED) is 0.0130. The second-order valence-electron chi connectivity index (χ2n) is 37.8. The number of hydroxylamine groups is 3. The fourth-order valence-corrected chi connectivity index (χ4v) is 18.9. The largest absolute Gasteiger partial charge is 0.514 e. The summed E-state index contributed by atoms with van der Waals surface area (Å²) in [6.07, 6.45) is 0.489.